The van der Waals surface area contributed by atoms with Gasteiger partial charge >= 0.3 is 0 Å². The van der Waals surface area contributed by atoms with E-state index in [0.717, 1.165) is 21.9 Å². The predicted molar refractivity (Wildman–Crippen MR) is 186 cm³/mol. The molecule has 2 atom stereocenters. The molecule has 0 spiro atoms. The number of hydrogen-bond donors (Lipinski definition) is 3. The molecule has 3 N–H and O–H groups in total. The first kappa shape index (κ1) is 33.6. The lowest BCUT2D eigenvalue weighted by atomic mass is 10.0. The van der Waals surface area contributed by atoms with Gasteiger partial charge in [0.25, 0.3) is 5.56 Å². The van der Waals surface area contributed by atoms with Gasteiger partial charge in [0, 0.05) is 48.4 Å². The molecule has 6 rings (SSSR count). The van der Waals surface area contributed by atoms with Crippen molar-refractivity contribution in [1.29, 1.82) is 0 Å². The molecule has 0 bridgehead atoms. The van der Waals surface area contributed by atoms with Gasteiger partial charge in [-0.05, 0) is 50.3 Å². The van der Waals surface area contributed by atoms with E-state index in [0.29, 0.717) is 48.5 Å². The van der Waals surface area contributed by atoms with Gasteiger partial charge in [0.1, 0.15) is 24.2 Å². The van der Waals surface area contributed by atoms with Crippen LogP contribution in [0.2, 0.25) is 0 Å². The molecule has 0 unspecified atom stereocenters. The molecule has 3 aromatic heterocycles. The van der Waals surface area contributed by atoms with Gasteiger partial charge in [-0.3, -0.25) is 19.2 Å². The van der Waals surface area contributed by atoms with E-state index in [-0.39, 0.29) is 55.3 Å². The van der Waals surface area contributed by atoms with Crippen LogP contribution in [-0.4, -0.2) is 71.3 Å². The van der Waals surface area contributed by atoms with Crippen LogP contribution in [0.4, 0.5) is 0 Å². The maximum Gasteiger partial charge on any atom is 0.275 e. The lowest BCUT2D eigenvalue weighted by Gasteiger charge is -2.27. The summed E-state index contributed by atoms with van der Waals surface area (Å²) in [5.41, 5.74) is 2.19. The summed E-state index contributed by atoms with van der Waals surface area (Å²) in [5, 5.41) is 17.5. The third kappa shape index (κ3) is 7.55. The molecular formula is C36H43N9O4. The number of hydrogen-bond acceptors (Lipinski definition) is 7. The first-order valence-corrected chi connectivity index (χ1v) is 16.9. The van der Waals surface area contributed by atoms with Crippen molar-refractivity contribution in [2.75, 3.05) is 13.1 Å². The molecule has 13 heteroatoms. The number of benzene rings is 2. The average Bonchev–Trinajstić information content (AvgIpc) is 3.66. The van der Waals surface area contributed by atoms with Gasteiger partial charge in [-0.1, -0.05) is 50.2 Å². The molecule has 2 aromatic carbocycles. The molecule has 0 radical (unpaired) electrons. The summed E-state index contributed by atoms with van der Waals surface area (Å²) < 4.78 is 2.97. The molecule has 4 heterocycles. The van der Waals surface area contributed by atoms with Crippen LogP contribution >= 0.6 is 0 Å². The van der Waals surface area contributed by atoms with Gasteiger partial charge in [-0.25, -0.2) is 14.3 Å². The number of para-hydroxylation sites is 1. The Bertz CT molecular complexity index is 2060. The predicted octanol–water partition coefficient (Wildman–Crippen LogP) is 3.34. The number of aromatic nitrogens is 6. The zero-order valence-corrected chi connectivity index (χ0v) is 28.4. The molecule has 0 saturated carbocycles. The van der Waals surface area contributed by atoms with Crippen molar-refractivity contribution < 1.29 is 14.4 Å². The van der Waals surface area contributed by atoms with Crippen molar-refractivity contribution in [2.24, 2.45) is 5.92 Å². The van der Waals surface area contributed by atoms with Crippen molar-refractivity contribution in [2.45, 2.75) is 78.6 Å². The van der Waals surface area contributed by atoms with E-state index in [1.165, 1.54) is 4.68 Å². The molecule has 0 aliphatic carbocycles. The van der Waals surface area contributed by atoms with Crippen molar-refractivity contribution in [3.05, 3.63) is 88.0 Å². The molecule has 0 saturated heterocycles. The molecule has 3 amide bonds. The lowest BCUT2D eigenvalue weighted by Crippen LogP contribution is -2.49. The van der Waals surface area contributed by atoms with E-state index in [9.17, 15) is 19.2 Å². The number of rotatable bonds is 6. The van der Waals surface area contributed by atoms with E-state index >= 15 is 0 Å². The summed E-state index contributed by atoms with van der Waals surface area (Å²) >= 11 is 0. The number of carbonyl (C=O) groups is 3. The zero-order valence-electron chi connectivity index (χ0n) is 28.4. The van der Waals surface area contributed by atoms with Gasteiger partial charge in [0.05, 0.1) is 23.7 Å². The van der Waals surface area contributed by atoms with Crippen LogP contribution in [0.25, 0.3) is 21.7 Å². The molecule has 256 valence electrons. The maximum atomic E-state index is 14.0. The van der Waals surface area contributed by atoms with E-state index in [4.69, 9.17) is 4.98 Å². The number of nitrogens with one attached hydrogen (secondary N) is 3. The van der Waals surface area contributed by atoms with Gasteiger partial charge in [0.2, 0.25) is 17.7 Å². The molecule has 1 aliphatic heterocycles. The standard InChI is InChI=1S/C36H43N9O4/c1-22(2)18-30-34-38-24(4)42-44(34)17-16-43(33(47)21-45-36(49)28-12-6-5-10-26(28)23(3)41-45)15-9-14-32(46)39-31(35(48)40-30)19-25-20-37-29-13-8-7-11-27(25)29/h5-8,10-13,20,22,30-31,37H,9,14-19,21H2,1-4H3,(H,39,46)(H,40,48)/t30-,31+/m0/s1. The second-order valence-corrected chi connectivity index (χ2v) is 13.2. The number of amides is 3. The minimum atomic E-state index is -0.839. The second kappa shape index (κ2) is 14.4. The first-order valence-electron chi connectivity index (χ1n) is 16.9. The summed E-state index contributed by atoms with van der Waals surface area (Å²) in [6, 6.07) is 13.8. The SMILES string of the molecule is Cc1nc2n(n1)CCN(C(=O)Cn1nc(C)c3ccccc3c1=O)CCCC(=O)N[C@H](Cc1c[nH]c3ccccc13)C(=O)N[C@H]2CC(C)C. The van der Waals surface area contributed by atoms with Crippen LogP contribution in [0.15, 0.2) is 59.5 Å². The Hall–Kier alpha value is -5.33. The Kier molecular flexibility index (Phi) is 9.88. The van der Waals surface area contributed by atoms with Crippen LogP contribution in [0.3, 0.4) is 0 Å². The third-order valence-corrected chi connectivity index (χ3v) is 9.00. The highest BCUT2D eigenvalue weighted by Crippen LogP contribution is 2.23. The van der Waals surface area contributed by atoms with Gasteiger partial charge < -0.3 is 20.5 Å². The first-order chi connectivity index (χ1) is 23.6. The summed E-state index contributed by atoms with van der Waals surface area (Å²) in [6.45, 7) is 8.37. The Balaban J connectivity index is 1.29. The normalized spacial score (nSPS) is 17.9. The van der Waals surface area contributed by atoms with E-state index < -0.39 is 12.1 Å². The lowest BCUT2D eigenvalue weighted by molar-refractivity contribution is -0.133. The zero-order chi connectivity index (χ0) is 34.7. The van der Waals surface area contributed by atoms with Crippen molar-refractivity contribution in [3.8, 4) is 0 Å². The largest absolute Gasteiger partial charge is 0.361 e. The molecule has 1 aliphatic rings. The van der Waals surface area contributed by atoms with E-state index in [1.54, 1.807) is 28.6 Å². The summed E-state index contributed by atoms with van der Waals surface area (Å²) in [7, 11) is 0. The number of fused-ring (bicyclic) bond motifs is 3. The molecular weight excluding hydrogens is 622 g/mol. The number of carbonyl (C=O) groups excluding carboxylic acids is 3. The van der Waals surface area contributed by atoms with Gasteiger partial charge in [-0.15, -0.1) is 0 Å². The molecule has 49 heavy (non-hydrogen) atoms. The van der Waals surface area contributed by atoms with Crippen LogP contribution in [-0.2, 0) is 33.9 Å². The van der Waals surface area contributed by atoms with Crippen molar-refractivity contribution >= 4 is 39.4 Å². The average molecular weight is 666 g/mol. The summed E-state index contributed by atoms with van der Waals surface area (Å²) in [4.78, 5) is 64.0. The molecule has 5 aromatic rings. The fourth-order valence-electron chi connectivity index (χ4n) is 6.61. The topological polar surface area (TPSA) is 160 Å². The van der Waals surface area contributed by atoms with Crippen LogP contribution in [0, 0.1) is 19.8 Å². The van der Waals surface area contributed by atoms with Gasteiger partial charge in [0.15, 0.2) is 0 Å². The molecule has 13 nitrogen and oxygen atoms in total. The fraction of sp³-hybridized carbons (Fsp3) is 0.417. The van der Waals surface area contributed by atoms with E-state index in [2.05, 4.69) is 39.7 Å². The summed E-state index contributed by atoms with van der Waals surface area (Å²) in [6.07, 6.45) is 3.23. The number of H-pyrrole nitrogens is 1. The quantitative estimate of drug-likeness (QED) is 0.251. The van der Waals surface area contributed by atoms with Crippen molar-refractivity contribution in [3.63, 3.8) is 0 Å². The van der Waals surface area contributed by atoms with Crippen LogP contribution < -0.4 is 16.2 Å². The number of nitrogens with zero attached hydrogens (tertiary/aromatic N) is 6. The fourth-order valence-corrected chi connectivity index (χ4v) is 6.61. The van der Waals surface area contributed by atoms with Crippen LogP contribution in [0.1, 0.15) is 62.1 Å². The minimum absolute atomic E-state index is 0.109. The Morgan fingerprint density at radius 2 is 1.63 bits per heavy atom. The third-order valence-electron chi connectivity index (χ3n) is 9.00. The number of aromatic amines is 1. The van der Waals surface area contributed by atoms with Crippen LogP contribution in [0.5, 0.6) is 0 Å². The van der Waals surface area contributed by atoms with Crippen molar-refractivity contribution in [1.82, 2.24) is 45.1 Å². The smallest absolute Gasteiger partial charge is 0.275 e. The highest BCUT2D eigenvalue weighted by Gasteiger charge is 2.29. The Morgan fingerprint density at radius 1 is 0.898 bits per heavy atom. The Labute approximate surface area is 284 Å². The summed E-state index contributed by atoms with van der Waals surface area (Å²) in [5.74, 6) is 0.473. The Morgan fingerprint density at radius 3 is 2.41 bits per heavy atom. The molecule has 0 fully saturated rings. The highest BCUT2D eigenvalue weighted by atomic mass is 16.2. The minimum Gasteiger partial charge on any atom is -0.361 e. The number of aryl methyl sites for hydroxylation is 2. The van der Waals surface area contributed by atoms with E-state index in [1.807, 2.05) is 49.5 Å². The van der Waals surface area contributed by atoms with Gasteiger partial charge in [-0.2, -0.15) is 10.2 Å². The second-order valence-electron chi connectivity index (χ2n) is 13.2. The monoisotopic (exact) mass is 665 g/mol. The highest BCUT2D eigenvalue weighted by molar-refractivity contribution is 5.90. The maximum absolute atomic E-state index is 14.0.